The lowest BCUT2D eigenvalue weighted by atomic mass is 10.3. The molecule has 0 radical (unpaired) electrons. The van der Waals surface area contributed by atoms with Crippen LogP contribution in [0.4, 0.5) is 0 Å². The molecule has 0 aromatic heterocycles. The lowest BCUT2D eigenvalue weighted by molar-refractivity contribution is -0.117. The van der Waals surface area contributed by atoms with E-state index in [1.807, 2.05) is 0 Å². The fourth-order valence-corrected chi connectivity index (χ4v) is 1.11. The average Bonchev–Trinajstić information content (AvgIpc) is 1.84. The average molecular weight is 187 g/mol. The molecule has 0 bridgehead atoms. The second kappa shape index (κ2) is 4.55. The van der Waals surface area contributed by atoms with Crippen LogP contribution in [0.25, 0.3) is 0 Å². The van der Waals surface area contributed by atoms with Crippen molar-refractivity contribution in [2.75, 3.05) is 5.88 Å². The van der Waals surface area contributed by atoms with Crippen molar-refractivity contribution in [1.29, 1.82) is 0 Å². The molecule has 0 rings (SSSR count). The van der Waals surface area contributed by atoms with Crippen molar-refractivity contribution in [1.82, 2.24) is 5.32 Å². The van der Waals surface area contributed by atoms with Gasteiger partial charge in [-0.3, -0.25) is 4.79 Å². The van der Waals surface area contributed by atoms with Crippen LogP contribution in [0.1, 0.15) is 27.7 Å². The first kappa shape index (κ1) is 11.6. The number of carbonyl (C=O) groups is 1. The molecule has 0 spiro atoms. The minimum Gasteiger partial charge on any atom is -0.343 e. The molecular formula is C9H17NOS. The van der Waals surface area contributed by atoms with Gasteiger partial charge in [-0.15, -0.1) is 11.8 Å². The summed E-state index contributed by atoms with van der Waals surface area (Å²) in [5, 5.41) is 2.76. The Labute approximate surface area is 78.8 Å². The molecule has 12 heavy (non-hydrogen) atoms. The number of hydrogen-bond donors (Lipinski definition) is 1. The molecule has 1 amide bonds. The zero-order chi connectivity index (χ0) is 9.78. The summed E-state index contributed by atoms with van der Waals surface area (Å²) in [5.41, 5.74) is 0.560. The van der Waals surface area contributed by atoms with E-state index in [1.165, 1.54) is 0 Å². The Morgan fingerprint density at radius 3 is 2.33 bits per heavy atom. The predicted molar refractivity (Wildman–Crippen MR) is 55.2 cm³/mol. The van der Waals surface area contributed by atoms with E-state index in [0.717, 1.165) is 0 Å². The Bertz CT molecular complexity index is 181. The Hall–Kier alpha value is -0.440. The number of amides is 1. The summed E-state index contributed by atoms with van der Waals surface area (Å²) in [6, 6.07) is 0. The zero-order valence-electron chi connectivity index (χ0n) is 8.23. The van der Waals surface area contributed by atoms with E-state index in [9.17, 15) is 4.79 Å². The maximum atomic E-state index is 11.0. The first-order valence-electron chi connectivity index (χ1n) is 3.90. The van der Waals surface area contributed by atoms with Crippen LogP contribution in [0, 0.1) is 0 Å². The zero-order valence-corrected chi connectivity index (χ0v) is 9.05. The lowest BCUT2D eigenvalue weighted by Crippen LogP contribution is -2.25. The van der Waals surface area contributed by atoms with Crippen molar-refractivity contribution in [3.8, 4) is 0 Å². The number of hydrogen-bond acceptors (Lipinski definition) is 2. The van der Waals surface area contributed by atoms with Gasteiger partial charge in [0, 0.05) is 10.3 Å². The smallest absolute Gasteiger partial charge is 0.246 e. The van der Waals surface area contributed by atoms with Crippen molar-refractivity contribution in [3.05, 3.63) is 12.2 Å². The third kappa shape index (κ3) is 6.28. The minimum atomic E-state index is -0.0632. The summed E-state index contributed by atoms with van der Waals surface area (Å²) in [6.07, 6.45) is 0. The third-order valence-electron chi connectivity index (χ3n) is 1.13. The Kier molecular flexibility index (Phi) is 4.39. The largest absolute Gasteiger partial charge is 0.343 e. The Morgan fingerprint density at radius 1 is 1.50 bits per heavy atom. The van der Waals surface area contributed by atoms with Crippen LogP contribution in [0.5, 0.6) is 0 Å². The van der Waals surface area contributed by atoms with Gasteiger partial charge in [0.2, 0.25) is 5.91 Å². The summed E-state index contributed by atoms with van der Waals surface area (Å²) in [4.78, 5) is 11.0. The lowest BCUT2D eigenvalue weighted by Gasteiger charge is -2.17. The van der Waals surface area contributed by atoms with E-state index in [1.54, 1.807) is 18.7 Å². The second-order valence-corrected chi connectivity index (χ2v) is 5.49. The summed E-state index contributed by atoms with van der Waals surface area (Å²) in [5.74, 6) is 0.585. The normalized spacial score (nSPS) is 11.0. The van der Waals surface area contributed by atoms with E-state index in [4.69, 9.17) is 0 Å². The molecule has 0 unspecified atom stereocenters. The molecule has 0 saturated heterocycles. The van der Waals surface area contributed by atoms with Gasteiger partial charge in [-0.2, -0.15) is 0 Å². The molecule has 0 heterocycles. The van der Waals surface area contributed by atoms with Crippen molar-refractivity contribution >= 4 is 17.7 Å². The first-order valence-corrected chi connectivity index (χ1v) is 4.89. The van der Waals surface area contributed by atoms with Crippen LogP contribution in [-0.4, -0.2) is 16.5 Å². The van der Waals surface area contributed by atoms with Crippen molar-refractivity contribution in [3.63, 3.8) is 0 Å². The van der Waals surface area contributed by atoms with Gasteiger partial charge in [0.1, 0.15) is 0 Å². The molecule has 2 nitrogen and oxygen atoms in total. The summed E-state index contributed by atoms with van der Waals surface area (Å²) in [6.45, 7) is 11.6. The fourth-order valence-electron chi connectivity index (χ4n) is 0.469. The molecule has 0 aromatic carbocycles. The van der Waals surface area contributed by atoms with E-state index in [0.29, 0.717) is 11.4 Å². The molecular weight excluding hydrogens is 170 g/mol. The second-order valence-electron chi connectivity index (χ2n) is 3.69. The Morgan fingerprint density at radius 2 is 2.00 bits per heavy atom. The van der Waals surface area contributed by atoms with Crippen LogP contribution >= 0.6 is 11.8 Å². The summed E-state index contributed by atoms with van der Waals surface area (Å²) in [7, 11) is 0. The molecule has 70 valence electrons. The van der Waals surface area contributed by atoms with Crippen molar-refractivity contribution in [2.24, 2.45) is 0 Å². The van der Waals surface area contributed by atoms with Crippen LogP contribution < -0.4 is 5.32 Å². The fraction of sp³-hybridized carbons (Fsp3) is 0.667. The molecule has 0 fully saturated rings. The number of thioether (sulfide) groups is 1. The van der Waals surface area contributed by atoms with Crippen molar-refractivity contribution < 1.29 is 4.79 Å². The third-order valence-corrected chi connectivity index (χ3v) is 2.28. The number of carbonyl (C=O) groups excluding carboxylic acids is 1. The van der Waals surface area contributed by atoms with Crippen molar-refractivity contribution in [2.45, 2.75) is 32.4 Å². The van der Waals surface area contributed by atoms with Gasteiger partial charge >= 0.3 is 0 Å². The van der Waals surface area contributed by atoms with Gasteiger partial charge in [0.05, 0.1) is 5.88 Å². The maximum Gasteiger partial charge on any atom is 0.246 e. The number of rotatable bonds is 3. The molecule has 0 aliphatic heterocycles. The molecule has 0 aliphatic rings. The van der Waals surface area contributed by atoms with E-state index >= 15 is 0 Å². The van der Waals surface area contributed by atoms with Crippen LogP contribution in [0.2, 0.25) is 0 Å². The van der Waals surface area contributed by atoms with Gasteiger partial charge in [0.15, 0.2) is 0 Å². The molecule has 0 saturated carbocycles. The van der Waals surface area contributed by atoms with Crippen LogP contribution in [0.15, 0.2) is 12.2 Å². The highest BCUT2D eigenvalue weighted by molar-refractivity contribution is 8.00. The summed E-state index contributed by atoms with van der Waals surface area (Å²) >= 11 is 1.71. The van der Waals surface area contributed by atoms with Gasteiger partial charge in [-0.1, -0.05) is 27.4 Å². The van der Waals surface area contributed by atoms with E-state index < -0.39 is 0 Å². The highest BCUT2D eigenvalue weighted by Crippen LogP contribution is 2.21. The number of nitrogens with one attached hydrogen (secondary N) is 1. The molecule has 0 aliphatic carbocycles. The first-order chi connectivity index (χ1) is 5.33. The quantitative estimate of drug-likeness (QED) is 0.542. The van der Waals surface area contributed by atoms with Crippen LogP contribution in [0.3, 0.4) is 0 Å². The minimum absolute atomic E-state index is 0.0632. The maximum absolute atomic E-state index is 11.0. The molecule has 1 N–H and O–H groups in total. The molecule has 0 atom stereocenters. The van der Waals surface area contributed by atoms with Gasteiger partial charge in [-0.25, -0.2) is 0 Å². The van der Waals surface area contributed by atoms with Gasteiger partial charge in [0.25, 0.3) is 0 Å². The predicted octanol–water partition coefficient (Wildman–Crippen LogP) is 2.17. The monoisotopic (exact) mass is 187 g/mol. The van der Waals surface area contributed by atoms with E-state index in [-0.39, 0.29) is 10.7 Å². The molecule has 0 aromatic rings. The topological polar surface area (TPSA) is 29.1 Å². The Balaban J connectivity index is 3.58. The molecule has 3 heteroatoms. The standard InChI is InChI=1S/C9H17NOS/c1-7(2)8(11)10-6-12-9(3,4)5/h1,6H2,2-5H3,(H,10,11). The van der Waals surface area contributed by atoms with Gasteiger partial charge in [-0.05, 0) is 6.92 Å². The highest BCUT2D eigenvalue weighted by Gasteiger charge is 2.10. The highest BCUT2D eigenvalue weighted by atomic mass is 32.2. The van der Waals surface area contributed by atoms with Crippen LogP contribution in [-0.2, 0) is 4.79 Å². The SMILES string of the molecule is C=C(C)C(=O)NCSC(C)(C)C. The van der Waals surface area contributed by atoms with Gasteiger partial charge < -0.3 is 5.32 Å². The van der Waals surface area contributed by atoms with E-state index in [2.05, 4.69) is 32.7 Å². The summed E-state index contributed by atoms with van der Waals surface area (Å²) < 4.78 is 0.197.